The zero-order valence-electron chi connectivity index (χ0n) is 11.0. The molecule has 1 aliphatic rings. The van der Waals surface area contributed by atoms with Gasteiger partial charge in [-0.2, -0.15) is 13.2 Å². The predicted molar refractivity (Wildman–Crippen MR) is 63.9 cm³/mol. The summed E-state index contributed by atoms with van der Waals surface area (Å²) in [6.45, 7) is 6.92. The molecule has 1 fully saturated rings. The standard InChI is InChI=1S/C13H24F3N/c1-4-12(2,3)9-17-11-8-6-5-7-10(11)13(14,15)16/h10-11,17H,4-9H2,1-3H3. The van der Waals surface area contributed by atoms with Crippen LogP contribution in [0.25, 0.3) is 0 Å². The number of hydrogen-bond donors (Lipinski definition) is 1. The number of nitrogens with one attached hydrogen (secondary N) is 1. The zero-order valence-corrected chi connectivity index (χ0v) is 11.0. The maximum Gasteiger partial charge on any atom is 0.393 e. The van der Waals surface area contributed by atoms with Gasteiger partial charge in [-0.1, -0.05) is 33.6 Å². The average molecular weight is 251 g/mol. The van der Waals surface area contributed by atoms with Crippen LogP contribution in [0, 0.1) is 11.3 Å². The Labute approximate surface area is 102 Å². The lowest BCUT2D eigenvalue weighted by Gasteiger charge is -2.36. The molecular weight excluding hydrogens is 227 g/mol. The van der Waals surface area contributed by atoms with Crippen molar-refractivity contribution in [2.75, 3.05) is 6.54 Å². The van der Waals surface area contributed by atoms with Gasteiger partial charge in [-0.15, -0.1) is 0 Å². The number of alkyl halides is 3. The molecule has 0 saturated heterocycles. The Hall–Kier alpha value is -0.250. The molecule has 1 nitrogen and oxygen atoms in total. The van der Waals surface area contributed by atoms with E-state index in [0.717, 1.165) is 12.8 Å². The Bertz CT molecular complexity index is 235. The molecule has 1 rings (SSSR count). The Morgan fingerprint density at radius 2 is 1.71 bits per heavy atom. The van der Waals surface area contributed by atoms with E-state index in [2.05, 4.69) is 26.1 Å². The molecule has 0 aromatic carbocycles. The summed E-state index contributed by atoms with van der Waals surface area (Å²) in [7, 11) is 0. The van der Waals surface area contributed by atoms with Gasteiger partial charge in [0.15, 0.2) is 0 Å². The fourth-order valence-electron chi connectivity index (χ4n) is 2.30. The lowest BCUT2D eigenvalue weighted by molar-refractivity contribution is -0.189. The molecular formula is C13H24F3N. The van der Waals surface area contributed by atoms with Crippen LogP contribution in [-0.2, 0) is 0 Å². The molecule has 0 aromatic heterocycles. The van der Waals surface area contributed by atoms with Gasteiger partial charge in [0.1, 0.15) is 0 Å². The molecule has 0 amide bonds. The molecule has 1 saturated carbocycles. The summed E-state index contributed by atoms with van der Waals surface area (Å²) in [4.78, 5) is 0. The van der Waals surface area contributed by atoms with Crippen molar-refractivity contribution in [3.63, 3.8) is 0 Å². The highest BCUT2D eigenvalue weighted by Gasteiger charge is 2.45. The Kier molecular flexibility index (Phi) is 4.87. The van der Waals surface area contributed by atoms with Gasteiger partial charge >= 0.3 is 6.18 Å². The predicted octanol–water partition coefficient (Wildman–Crippen LogP) is 4.13. The first-order valence-electron chi connectivity index (χ1n) is 6.56. The summed E-state index contributed by atoms with van der Waals surface area (Å²) in [6.07, 6.45) is -0.508. The van der Waals surface area contributed by atoms with Crippen LogP contribution in [0.1, 0.15) is 52.9 Å². The van der Waals surface area contributed by atoms with Crippen molar-refractivity contribution in [1.29, 1.82) is 0 Å². The summed E-state index contributed by atoms with van der Waals surface area (Å²) in [6, 6.07) is -0.380. The van der Waals surface area contributed by atoms with Gasteiger partial charge in [-0.3, -0.25) is 0 Å². The normalized spacial score (nSPS) is 27.2. The molecule has 0 aliphatic heterocycles. The van der Waals surface area contributed by atoms with E-state index in [1.165, 1.54) is 0 Å². The van der Waals surface area contributed by atoms with Crippen molar-refractivity contribution in [1.82, 2.24) is 5.32 Å². The van der Waals surface area contributed by atoms with Crippen LogP contribution in [0.5, 0.6) is 0 Å². The number of hydrogen-bond acceptors (Lipinski definition) is 1. The summed E-state index contributed by atoms with van der Waals surface area (Å²) >= 11 is 0. The highest BCUT2D eigenvalue weighted by atomic mass is 19.4. The van der Waals surface area contributed by atoms with Crippen molar-refractivity contribution in [3.8, 4) is 0 Å². The third kappa shape index (κ3) is 4.49. The summed E-state index contributed by atoms with van der Waals surface area (Å²) < 4.78 is 38.6. The van der Waals surface area contributed by atoms with Crippen LogP contribution in [0.3, 0.4) is 0 Å². The van der Waals surface area contributed by atoms with Crippen molar-refractivity contribution < 1.29 is 13.2 Å². The van der Waals surface area contributed by atoms with E-state index in [1.807, 2.05) is 0 Å². The van der Waals surface area contributed by atoms with Gasteiger partial charge in [0.25, 0.3) is 0 Å². The van der Waals surface area contributed by atoms with Crippen molar-refractivity contribution in [2.45, 2.75) is 65.1 Å². The van der Waals surface area contributed by atoms with E-state index in [9.17, 15) is 13.2 Å². The van der Waals surface area contributed by atoms with Gasteiger partial charge in [0.2, 0.25) is 0 Å². The molecule has 2 unspecified atom stereocenters. The molecule has 102 valence electrons. The lowest BCUT2D eigenvalue weighted by Crippen LogP contribution is -2.47. The van der Waals surface area contributed by atoms with Crippen LogP contribution >= 0.6 is 0 Å². The Morgan fingerprint density at radius 3 is 2.24 bits per heavy atom. The van der Waals surface area contributed by atoms with Crippen LogP contribution in [0.2, 0.25) is 0 Å². The smallest absolute Gasteiger partial charge is 0.313 e. The van der Waals surface area contributed by atoms with Gasteiger partial charge < -0.3 is 5.32 Å². The minimum absolute atomic E-state index is 0.0770. The highest BCUT2D eigenvalue weighted by molar-refractivity contribution is 4.87. The molecule has 0 aromatic rings. The first-order valence-corrected chi connectivity index (χ1v) is 6.56. The van der Waals surface area contributed by atoms with E-state index < -0.39 is 12.1 Å². The Balaban J connectivity index is 2.55. The maximum atomic E-state index is 12.9. The van der Waals surface area contributed by atoms with E-state index in [1.54, 1.807) is 0 Å². The highest BCUT2D eigenvalue weighted by Crippen LogP contribution is 2.38. The SMILES string of the molecule is CCC(C)(C)CNC1CCCCC1C(F)(F)F. The molecule has 4 heteroatoms. The fraction of sp³-hybridized carbons (Fsp3) is 1.00. The van der Waals surface area contributed by atoms with Crippen LogP contribution < -0.4 is 5.32 Å². The molecule has 1 aliphatic carbocycles. The quantitative estimate of drug-likeness (QED) is 0.792. The third-order valence-electron chi connectivity index (χ3n) is 3.99. The number of rotatable bonds is 4. The average Bonchev–Trinajstić information content (AvgIpc) is 2.26. The minimum Gasteiger partial charge on any atom is -0.313 e. The summed E-state index contributed by atoms with van der Waals surface area (Å²) in [5.74, 6) is -1.15. The second-order valence-electron chi connectivity index (χ2n) is 5.94. The van der Waals surface area contributed by atoms with Crippen molar-refractivity contribution in [3.05, 3.63) is 0 Å². The fourth-order valence-corrected chi connectivity index (χ4v) is 2.30. The molecule has 0 heterocycles. The van der Waals surface area contributed by atoms with Crippen LogP contribution in [0.4, 0.5) is 13.2 Å². The van der Waals surface area contributed by atoms with Gasteiger partial charge in [-0.05, 0) is 24.7 Å². The van der Waals surface area contributed by atoms with E-state index >= 15 is 0 Å². The maximum absolute atomic E-state index is 12.9. The second-order valence-corrected chi connectivity index (χ2v) is 5.94. The van der Waals surface area contributed by atoms with Crippen molar-refractivity contribution >= 4 is 0 Å². The lowest BCUT2D eigenvalue weighted by atomic mass is 9.82. The zero-order chi connectivity index (χ0) is 13.1. The molecule has 2 atom stereocenters. The summed E-state index contributed by atoms with van der Waals surface area (Å²) in [5.41, 5.74) is 0.0770. The molecule has 0 radical (unpaired) electrons. The van der Waals surface area contributed by atoms with E-state index in [-0.39, 0.29) is 17.9 Å². The number of halogens is 3. The topological polar surface area (TPSA) is 12.0 Å². The summed E-state index contributed by atoms with van der Waals surface area (Å²) in [5, 5.41) is 3.15. The van der Waals surface area contributed by atoms with E-state index in [4.69, 9.17) is 0 Å². The van der Waals surface area contributed by atoms with Gasteiger partial charge in [-0.25, -0.2) is 0 Å². The minimum atomic E-state index is -4.05. The molecule has 1 N–H and O–H groups in total. The molecule has 0 spiro atoms. The Morgan fingerprint density at radius 1 is 1.12 bits per heavy atom. The van der Waals surface area contributed by atoms with Crippen LogP contribution in [-0.4, -0.2) is 18.8 Å². The van der Waals surface area contributed by atoms with Crippen molar-refractivity contribution in [2.24, 2.45) is 11.3 Å². The first-order chi connectivity index (χ1) is 7.76. The van der Waals surface area contributed by atoms with Gasteiger partial charge in [0, 0.05) is 12.6 Å². The van der Waals surface area contributed by atoms with E-state index in [0.29, 0.717) is 19.4 Å². The second kappa shape index (κ2) is 5.59. The van der Waals surface area contributed by atoms with Gasteiger partial charge in [0.05, 0.1) is 5.92 Å². The molecule has 0 bridgehead atoms. The first kappa shape index (κ1) is 14.8. The third-order valence-corrected chi connectivity index (χ3v) is 3.99. The monoisotopic (exact) mass is 251 g/mol. The largest absolute Gasteiger partial charge is 0.393 e. The van der Waals surface area contributed by atoms with Crippen LogP contribution in [0.15, 0.2) is 0 Å². The molecule has 17 heavy (non-hydrogen) atoms.